The van der Waals surface area contributed by atoms with Crippen molar-refractivity contribution in [2.24, 2.45) is 10.3 Å². The van der Waals surface area contributed by atoms with E-state index in [4.69, 9.17) is 0 Å². The summed E-state index contributed by atoms with van der Waals surface area (Å²) in [5.74, 6) is 1.06. The number of hydrogen-bond donors (Lipinski definition) is 1. The van der Waals surface area contributed by atoms with Crippen LogP contribution in [0, 0.1) is 5.92 Å². The molecule has 0 saturated carbocycles. The van der Waals surface area contributed by atoms with Crippen LogP contribution in [-0.2, 0) is 10.0 Å². The SMILES string of the molecule is CC(C)CCCN/C(=N/S(C)(=O)=O)N(C)C. The zero-order valence-corrected chi connectivity index (χ0v) is 11.6. The first-order chi connectivity index (χ1) is 7.22. The number of nitrogens with one attached hydrogen (secondary N) is 1. The van der Waals surface area contributed by atoms with Gasteiger partial charge in [-0.15, -0.1) is 4.40 Å². The first-order valence-electron chi connectivity index (χ1n) is 5.43. The second kappa shape index (κ2) is 6.73. The molecule has 96 valence electrons. The van der Waals surface area contributed by atoms with Crippen molar-refractivity contribution in [3.05, 3.63) is 0 Å². The fourth-order valence-electron chi connectivity index (χ4n) is 1.14. The lowest BCUT2D eigenvalue weighted by Crippen LogP contribution is -2.37. The minimum absolute atomic E-state index is 0.395. The van der Waals surface area contributed by atoms with Crippen molar-refractivity contribution in [2.45, 2.75) is 26.7 Å². The monoisotopic (exact) mass is 249 g/mol. The molecule has 0 aliphatic rings. The third kappa shape index (κ3) is 8.52. The molecule has 0 rings (SSSR count). The number of nitrogens with zero attached hydrogens (tertiary/aromatic N) is 2. The lowest BCUT2D eigenvalue weighted by atomic mass is 10.1. The average molecular weight is 249 g/mol. The summed E-state index contributed by atoms with van der Waals surface area (Å²) in [5, 5.41) is 3.03. The Balaban J connectivity index is 4.22. The van der Waals surface area contributed by atoms with Gasteiger partial charge < -0.3 is 10.2 Å². The maximum Gasteiger partial charge on any atom is 0.253 e. The van der Waals surface area contributed by atoms with E-state index in [0.717, 1.165) is 25.6 Å². The van der Waals surface area contributed by atoms with Gasteiger partial charge in [0.2, 0.25) is 5.96 Å². The summed E-state index contributed by atoms with van der Waals surface area (Å²) in [7, 11) is 0.189. The molecule has 0 aromatic rings. The molecule has 0 spiro atoms. The molecule has 0 aliphatic carbocycles. The summed E-state index contributed by atoms with van der Waals surface area (Å²) in [6, 6.07) is 0. The van der Waals surface area contributed by atoms with E-state index in [1.165, 1.54) is 0 Å². The number of sulfonamides is 1. The molecule has 16 heavy (non-hydrogen) atoms. The van der Waals surface area contributed by atoms with E-state index in [0.29, 0.717) is 11.9 Å². The van der Waals surface area contributed by atoms with Crippen LogP contribution in [0.4, 0.5) is 0 Å². The van der Waals surface area contributed by atoms with Crippen molar-refractivity contribution < 1.29 is 8.42 Å². The molecule has 6 heteroatoms. The van der Waals surface area contributed by atoms with E-state index in [2.05, 4.69) is 23.6 Å². The Kier molecular flexibility index (Phi) is 6.40. The molecular weight excluding hydrogens is 226 g/mol. The molecule has 0 bridgehead atoms. The molecule has 5 nitrogen and oxygen atoms in total. The van der Waals surface area contributed by atoms with Crippen molar-refractivity contribution in [1.82, 2.24) is 10.2 Å². The zero-order valence-electron chi connectivity index (χ0n) is 10.8. The highest BCUT2D eigenvalue weighted by Gasteiger charge is 2.06. The van der Waals surface area contributed by atoms with Crippen molar-refractivity contribution >= 4 is 16.0 Å². The van der Waals surface area contributed by atoms with Gasteiger partial charge in [-0.1, -0.05) is 13.8 Å². The maximum atomic E-state index is 11.0. The third-order valence-electron chi connectivity index (χ3n) is 1.92. The van der Waals surface area contributed by atoms with Gasteiger partial charge in [-0.25, -0.2) is 8.42 Å². The van der Waals surface area contributed by atoms with Gasteiger partial charge in [0.1, 0.15) is 0 Å². The molecule has 0 saturated heterocycles. The quantitative estimate of drug-likeness (QED) is 0.446. The molecule has 0 amide bonds. The highest BCUT2D eigenvalue weighted by atomic mass is 32.2. The Morgan fingerprint density at radius 3 is 2.31 bits per heavy atom. The van der Waals surface area contributed by atoms with Crippen LogP contribution < -0.4 is 5.32 Å². The third-order valence-corrected chi connectivity index (χ3v) is 2.42. The molecule has 0 aromatic carbocycles. The van der Waals surface area contributed by atoms with E-state index in [1.54, 1.807) is 19.0 Å². The number of guanidine groups is 1. The normalized spacial score (nSPS) is 13.0. The number of rotatable bonds is 5. The lowest BCUT2D eigenvalue weighted by Gasteiger charge is -2.17. The summed E-state index contributed by atoms with van der Waals surface area (Å²) in [6.45, 7) is 5.07. The molecule has 0 radical (unpaired) electrons. The van der Waals surface area contributed by atoms with Crippen LogP contribution in [0.5, 0.6) is 0 Å². The standard InChI is InChI=1S/C10H23N3O2S/c1-9(2)7-6-8-11-10(13(3)4)12-16(5,14)15/h9H,6-8H2,1-5H3,(H,11,12). The summed E-state index contributed by atoms with van der Waals surface area (Å²) in [6.07, 6.45) is 3.22. The van der Waals surface area contributed by atoms with Crippen LogP contribution in [0.2, 0.25) is 0 Å². The van der Waals surface area contributed by atoms with E-state index >= 15 is 0 Å². The summed E-state index contributed by atoms with van der Waals surface area (Å²) in [5.41, 5.74) is 0. The number of hydrogen-bond acceptors (Lipinski definition) is 2. The molecule has 1 N–H and O–H groups in total. The van der Waals surface area contributed by atoms with Crippen molar-refractivity contribution in [3.8, 4) is 0 Å². The van der Waals surface area contributed by atoms with Crippen LogP contribution >= 0.6 is 0 Å². The highest BCUT2D eigenvalue weighted by molar-refractivity contribution is 7.89. The molecular formula is C10H23N3O2S. The Hall–Kier alpha value is -0.780. The Morgan fingerprint density at radius 1 is 1.38 bits per heavy atom. The fourth-order valence-corrected chi connectivity index (χ4v) is 1.68. The molecule has 0 fully saturated rings. The van der Waals surface area contributed by atoms with Gasteiger partial charge in [0, 0.05) is 20.6 Å². The second-order valence-electron chi connectivity index (χ2n) is 4.51. The molecule has 0 aliphatic heterocycles. The Labute approximate surface area is 99.0 Å². The largest absolute Gasteiger partial charge is 0.355 e. The van der Waals surface area contributed by atoms with Gasteiger partial charge in [0.25, 0.3) is 10.0 Å². The second-order valence-corrected chi connectivity index (χ2v) is 6.15. The van der Waals surface area contributed by atoms with Gasteiger partial charge >= 0.3 is 0 Å². The van der Waals surface area contributed by atoms with E-state index in [-0.39, 0.29) is 0 Å². The van der Waals surface area contributed by atoms with Crippen LogP contribution in [-0.4, -0.2) is 46.2 Å². The van der Waals surface area contributed by atoms with Gasteiger partial charge in [-0.2, -0.15) is 0 Å². The van der Waals surface area contributed by atoms with Gasteiger partial charge in [0.05, 0.1) is 6.26 Å². The van der Waals surface area contributed by atoms with Crippen LogP contribution in [0.25, 0.3) is 0 Å². The lowest BCUT2D eigenvalue weighted by molar-refractivity contribution is 0.532. The van der Waals surface area contributed by atoms with Gasteiger partial charge in [0.15, 0.2) is 0 Å². The zero-order chi connectivity index (χ0) is 12.8. The predicted molar refractivity (Wildman–Crippen MR) is 68.0 cm³/mol. The van der Waals surface area contributed by atoms with Crippen LogP contribution in [0.1, 0.15) is 26.7 Å². The van der Waals surface area contributed by atoms with Crippen LogP contribution in [0.3, 0.4) is 0 Å². The Bertz CT molecular complexity index is 321. The van der Waals surface area contributed by atoms with E-state index < -0.39 is 10.0 Å². The predicted octanol–water partition coefficient (Wildman–Crippen LogP) is 0.889. The minimum Gasteiger partial charge on any atom is -0.355 e. The first kappa shape index (κ1) is 15.2. The van der Waals surface area contributed by atoms with Crippen molar-refractivity contribution in [2.75, 3.05) is 26.9 Å². The van der Waals surface area contributed by atoms with E-state index in [9.17, 15) is 8.42 Å². The van der Waals surface area contributed by atoms with E-state index in [1.807, 2.05) is 0 Å². The molecule has 0 unspecified atom stereocenters. The Morgan fingerprint density at radius 2 is 1.94 bits per heavy atom. The topological polar surface area (TPSA) is 61.8 Å². The van der Waals surface area contributed by atoms with Crippen molar-refractivity contribution in [3.63, 3.8) is 0 Å². The summed E-state index contributed by atoms with van der Waals surface area (Å²) >= 11 is 0. The smallest absolute Gasteiger partial charge is 0.253 e. The maximum absolute atomic E-state index is 11.0. The van der Waals surface area contributed by atoms with Gasteiger partial charge in [-0.05, 0) is 18.8 Å². The van der Waals surface area contributed by atoms with Gasteiger partial charge in [-0.3, -0.25) is 0 Å². The molecule has 0 atom stereocenters. The molecule has 0 aromatic heterocycles. The highest BCUT2D eigenvalue weighted by Crippen LogP contribution is 2.01. The fraction of sp³-hybridized carbons (Fsp3) is 0.900. The summed E-state index contributed by atoms with van der Waals surface area (Å²) < 4.78 is 25.7. The van der Waals surface area contributed by atoms with Crippen LogP contribution in [0.15, 0.2) is 4.40 Å². The first-order valence-corrected chi connectivity index (χ1v) is 7.28. The summed E-state index contributed by atoms with van der Waals surface area (Å²) in [4.78, 5) is 1.66. The van der Waals surface area contributed by atoms with Crippen molar-refractivity contribution in [1.29, 1.82) is 0 Å². The minimum atomic E-state index is -3.34. The average Bonchev–Trinajstić information content (AvgIpc) is 2.07. The molecule has 0 heterocycles.